The van der Waals surface area contributed by atoms with Gasteiger partial charge in [-0.05, 0) is 35.2 Å². The molecule has 0 spiro atoms. The third-order valence-electron chi connectivity index (χ3n) is 3.10. The smallest absolute Gasteiger partial charge is 0.303 e. The van der Waals surface area contributed by atoms with E-state index in [9.17, 15) is 14.3 Å². The van der Waals surface area contributed by atoms with Gasteiger partial charge in [-0.3, -0.25) is 4.79 Å². The van der Waals surface area contributed by atoms with Gasteiger partial charge in [0.25, 0.3) is 0 Å². The van der Waals surface area contributed by atoms with Crippen molar-refractivity contribution in [3.8, 4) is 11.1 Å². The predicted molar refractivity (Wildman–Crippen MR) is 73.7 cm³/mol. The van der Waals surface area contributed by atoms with Gasteiger partial charge >= 0.3 is 5.97 Å². The van der Waals surface area contributed by atoms with E-state index in [4.69, 9.17) is 5.11 Å². The van der Waals surface area contributed by atoms with E-state index in [2.05, 4.69) is 0 Å². The van der Waals surface area contributed by atoms with Crippen LogP contribution in [0.15, 0.2) is 48.5 Å². The molecule has 0 radical (unpaired) electrons. The highest BCUT2D eigenvalue weighted by Crippen LogP contribution is 2.24. The van der Waals surface area contributed by atoms with Crippen molar-refractivity contribution in [1.82, 2.24) is 0 Å². The van der Waals surface area contributed by atoms with E-state index in [0.717, 1.165) is 11.1 Å². The minimum Gasteiger partial charge on any atom is -0.481 e. The molecule has 20 heavy (non-hydrogen) atoms. The Morgan fingerprint density at radius 2 is 1.50 bits per heavy atom. The SMILES string of the molecule is O=C(O)CC[C@H](O)c1ccc(-c2ccc(F)cc2)cc1. The summed E-state index contributed by atoms with van der Waals surface area (Å²) < 4.78 is 12.8. The molecule has 3 nitrogen and oxygen atoms in total. The molecule has 104 valence electrons. The molecule has 0 saturated heterocycles. The van der Waals surface area contributed by atoms with Crippen LogP contribution >= 0.6 is 0 Å². The molecular weight excluding hydrogens is 259 g/mol. The number of aliphatic carboxylic acids is 1. The monoisotopic (exact) mass is 274 g/mol. The van der Waals surface area contributed by atoms with Gasteiger partial charge in [-0.1, -0.05) is 36.4 Å². The standard InChI is InChI=1S/C16H15FO3/c17-14-7-5-12(6-8-14)11-1-3-13(4-2-11)15(18)9-10-16(19)20/h1-8,15,18H,9-10H2,(H,19,20)/t15-/m0/s1. The number of aliphatic hydroxyl groups excluding tert-OH is 1. The van der Waals surface area contributed by atoms with Gasteiger partial charge in [-0.25, -0.2) is 4.39 Å². The van der Waals surface area contributed by atoms with E-state index in [1.165, 1.54) is 12.1 Å². The Bertz CT molecular complexity index is 576. The van der Waals surface area contributed by atoms with Gasteiger partial charge in [0.1, 0.15) is 5.82 Å². The van der Waals surface area contributed by atoms with Gasteiger partial charge in [-0.15, -0.1) is 0 Å². The Morgan fingerprint density at radius 1 is 1.00 bits per heavy atom. The highest BCUT2D eigenvalue weighted by atomic mass is 19.1. The minimum absolute atomic E-state index is 0.0686. The first-order valence-corrected chi connectivity index (χ1v) is 6.32. The lowest BCUT2D eigenvalue weighted by molar-refractivity contribution is -0.137. The normalized spacial score (nSPS) is 12.1. The fourth-order valence-corrected chi connectivity index (χ4v) is 1.97. The third-order valence-corrected chi connectivity index (χ3v) is 3.10. The molecule has 0 unspecified atom stereocenters. The lowest BCUT2D eigenvalue weighted by atomic mass is 10.00. The zero-order valence-electron chi connectivity index (χ0n) is 10.8. The number of carboxylic acids is 1. The number of halogens is 1. The van der Waals surface area contributed by atoms with Crippen LogP contribution in [-0.2, 0) is 4.79 Å². The zero-order valence-corrected chi connectivity index (χ0v) is 10.8. The van der Waals surface area contributed by atoms with Gasteiger partial charge in [0, 0.05) is 6.42 Å². The van der Waals surface area contributed by atoms with Crippen molar-refractivity contribution < 1.29 is 19.4 Å². The molecule has 0 fully saturated rings. The first-order chi connectivity index (χ1) is 9.56. The summed E-state index contributed by atoms with van der Waals surface area (Å²) in [5, 5.41) is 18.4. The van der Waals surface area contributed by atoms with Gasteiger partial charge in [0.05, 0.1) is 6.10 Å². The number of carbonyl (C=O) groups is 1. The van der Waals surface area contributed by atoms with E-state index >= 15 is 0 Å². The molecule has 0 heterocycles. The molecule has 0 bridgehead atoms. The van der Waals surface area contributed by atoms with Crippen LogP contribution < -0.4 is 0 Å². The molecule has 0 saturated carbocycles. The van der Waals surface area contributed by atoms with E-state index in [0.29, 0.717) is 5.56 Å². The average Bonchev–Trinajstić information content (AvgIpc) is 2.46. The number of benzene rings is 2. The topological polar surface area (TPSA) is 57.5 Å². The molecule has 4 heteroatoms. The first kappa shape index (κ1) is 14.2. The van der Waals surface area contributed by atoms with Gasteiger partial charge in [-0.2, -0.15) is 0 Å². The van der Waals surface area contributed by atoms with Crippen molar-refractivity contribution in [2.75, 3.05) is 0 Å². The first-order valence-electron chi connectivity index (χ1n) is 6.32. The van der Waals surface area contributed by atoms with Gasteiger partial charge in [0.15, 0.2) is 0 Å². The number of hydrogen-bond acceptors (Lipinski definition) is 2. The largest absolute Gasteiger partial charge is 0.481 e. The van der Waals surface area contributed by atoms with Crippen LogP contribution in [-0.4, -0.2) is 16.2 Å². The van der Waals surface area contributed by atoms with Crippen LogP contribution in [0.1, 0.15) is 24.5 Å². The van der Waals surface area contributed by atoms with Crippen LogP contribution in [0.3, 0.4) is 0 Å². The molecule has 0 aliphatic carbocycles. The second kappa shape index (κ2) is 6.30. The summed E-state index contributed by atoms with van der Waals surface area (Å²) in [6.45, 7) is 0. The Labute approximate surface area is 116 Å². The average molecular weight is 274 g/mol. The molecule has 0 aliphatic rings. The molecule has 2 N–H and O–H groups in total. The number of hydrogen-bond donors (Lipinski definition) is 2. The van der Waals surface area contributed by atoms with Crippen molar-refractivity contribution >= 4 is 5.97 Å². The van der Waals surface area contributed by atoms with Crippen molar-refractivity contribution in [1.29, 1.82) is 0 Å². The third kappa shape index (κ3) is 3.65. The van der Waals surface area contributed by atoms with Crippen LogP contribution in [0.5, 0.6) is 0 Å². The summed E-state index contributed by atoms with van der Waals surface area (Å²) >= 11 is 0. The van der Waals surface area contributed by atoms with E-state index in [-0.39, 0.29) is 18.7 Å². The molecule has 0 aromatic heterocycles. The van der Waals surface area contributed by atoms with Crippen LogP contribution in [0.25, 0.3) is 11.1 Å². The summed E-state index contributed by atoms with van der Waals surface area (Å²) in [5.74, 6) is -1.21. The summed E-state index contributed by atoms with van der Waals surface area (Å²) in [4.78, 5) is 10.5. The number of carboxylic acid groups (broad SMARTS) is 1. The maximum absolute atomic E-state index is 12.8. The van der Waals surface area contributed by atoms with Crippen LogP contribution in [0.4, 0.5) is 4.39 Å². The molecular formula is C16H15FO3. The van der Waals surface area contributed by atoms with Crippen molar-refractivity contribution in [2.24, 2.45) is 0 Å². The molecule has 2 aromatic rings. The quantitative estimate of drug-likeness (QED) is 0.878. The second-order valence-electron chi connectivity index (χ2n) is 4.58. The fourth-order valence-electron chi connectivity index (χ4n) is 1.97. The highest BCUT2D eigenvalue weighted by Gasteiger charge is 2.10. The zero-order chi connectivity index (χ0) is 14.5. The molecule has 2 aromatic carbocycles. The molecule has 1 atom stereocenters. The Kier molecular flexibility index (Phi) is 4.48. The fraction of sp³-hybridized carbons (Fsp3) is 0.188. The van der Waals surface area contributed by atoms with Crippen molar-refractivity contribution in [2.45, 2.75) is 18.9 Å². The summed E-state index contributed by atoms with van der Waals surface area (Å²) in [7, 11) is 0. The molecule has 0 aliphatic heterocycles. The maximum Gasteiger partial charge on any atom is 0.303 e. The van der Waals surface area contributed by atoms with E-state index in [1.807, 2.05) is 12.1 Å². The second-order valence-corrected chi connectivity index (χ2v) is 4.58. The Morgan fingerprint density at radius 3 is 2.00 bits per heavy atom. The number of rotatable bonds is 5. The Balaban J connectivity index is 2.09. The van der Waals surface area contributed by atoms with Crippen molar-refractivity contribution in [3.63, 3.8) is 0 Å². The maximum atomic E-state index is 12.8. The lowest BCUT2D eigenvalue weighted by Crippen LogP contribution is -2.02. The van der Waals surface area contributed by atoms with E-state index < -0.39 is 12.1 Å². The van der Waals surface area contributed by atoms with Crippen molar-refractivity contribution in [3.05, 3.63) is 59.9 Å². The summed E-state index contributed by atoms with van der Waals surface area (Å²) in [6, 6.07) is 13.3. The molecule has 0 amide bonds. The van der Waals surface area contributed by atoms with Gasteiger partial charge < -0.3 is 10.2 Å². The Hall–Kier alpha value is -2.20. The molecule has 2 rings (SSSR count). The van der Waals surface area contributed by atoms with E-state index in [1.54, 1.807) is 24.3 Å². The highest BCUT2D eigenvalue weighted by molar-refractivity contribution is 5.66. The summed E-state index contributed by atoms with van der Waals surface area (Å²) in [6.07, 6.45) is -0.667. The lowest BCUT2D eigenvalue weighted by Gasteiger charge is -2.10. The summed E-state index contributed by atoms with van der Waals surface area (Å²) in [5.41, 5.74) is 2.48. The minimum atomic E-state index is -0.924. The predicted octanol–water partition coefficient (Wildman–Crippen LogP) is 3.39. The van der Waals surface area contributed by atoms with Gasteiger partial charge in [0.2, 0.25) is 0 Å². The van der Waals surface area contributed by atoms with Crippen LogP contribution in [0, 0.1) is 5.82 Å². The number of aliphatic hydroxyl groups is 1. The van der Waals surface area contributed by atoms with Crippen LogP contribution in [0.2, 0.25) is 0 Å².